The van der Waals surface area contributed by atoms with Crippen LogP contribution >= 0.6 is 0 Å². The summed E-state index contributed by atoms with van der Waals surface area (Å²) in [5.74, 6) is 0.608. The number of anilines is 1. The normalized spacial score (nSPS) is 16.8. The molecule has 0 atom stereocenters. The van der Waals surface area contributed by atoms with E-state index < -0.39 is 0 Å². The molecule has 0 spiro atoms. The molecule has 1 heterocycles. The zero-order chi connectivity index (χ0) is 13.0. The van der Waals surface area contributed by atoms with Crippen LogP contribution in [0.3, 0.4) is 0 Å². The van der Waals surface area contributed by atoms with Crippen molar-refractivity contribution >= 4 is 11.8 Å². The molecule has 0 aromatic carbocycles. The second-order valence-corrected chi connectivity index (χ2v) is 5.21. The van der Waals surface area contributed by atoms with Crippen LogP contribution in [0.1, 0.15) is 52.0 Å². The molecule has 1 aliphatic carbocycles. The second-order valence-electron chi connectivity index (χ2n) is 5.21. The summed E-state index contributed by atoms with van der Waals surface area (Å²) in [7, 11) is 0. The minimum absolute atomic E-state index is 0.143. The second kappa shape index (κ2) is 5.89. The average molecular weight is 250 g/mol. The largest absolute Gasteiger partial charge is 0.335 e. The lowest BCUT2D eigenvalue weighted by atomic mass is 9.96. The Morgan fingerprint density at radius 3 is 2.72 bits per heavy atom. The number of amides is 2. The minimum Gasteiger partial charge on any atom is -0.335 e. The molecular weight excluding hydrogens is 228 g/mol. The van der Waals surface area contributed by atoms with E-state index in [1.165, 1.54) is 19.3 Å². The molecule has 1 fully saturated rings. The van der Waals surface area contributed by atoms with Crippen LogP contribution in [0.15, 0.2) is 12.3 Å². The molecule has 2 N–H and O–H groups in total. The highest BCUT2D eigenvalue weighted by molar-refractivity contribution is 5.88. The van der Waals surface area contributed by atoms with Crippen LogP contribution in [-0.4, -0.2) is 21.9 Å². The Balaban J connectivity index is 1.82. The first kappa shape index (κ1) is 12.9. The van der Waals surface area contributed by atoms with E-state index in [4.69, 9.17) is 0 Å². The van der Waals surface area contributed by atoms with Crippen LogP contribution < -0.4 is 10.6 Å². The fraction of sp³-hybridized carbons (Fsp3) is 0.692. The van der Waals surface area contributed by atoms with Gasteiger partial charge in [-0.3, -0.25) is 10.00 Å². The summed E-state index contributed by atoms with van der Waals surface area (Å²) in [4.78, 5) is 11.8. The summed E-state index contributed by atoms with van der Waals surface area (Å²) in [6, 6.07) is 2.31. The van der Waals surface area contributed by atoms with Crippen LogP contribution in [0.5, 0.6) is 0 Å². The highest BCUT2D eigenvalue weighted by atomic mass is 16.2. The summed E-state index contributed by atoms with van der Waals surface area (Å²) < 4.78 is 1.83. The van der Waals surface area contributed by atoms with E-state index in [1.807, 2.05) is 16.9 Å². The van der Waals surface area contributed by atoms with Crippen molar-refractivity contribution < 1.29 is 4.79 Å². The molecule has 1 aliphatic rings. The third-order valence-electron chi connectivity index (χ3n) is 3.32. The zero-order valence-electron chi connectivity index (χ0n) is 11.1. The number of aromatic nitrogens is 2. The van der Waals surface area contributed by atoms with Gasteiger partial charge in [-0.25, -0.2) is 4.79 Å². The molecule has 0 radical (unpaired) electrons. The molecule has 2 amide bonds. The van der Waals surface area contributed by atoms with Gasteiger partial charge in [0.2, 0.25) is 0 Å². The van der Waals surface area contributed by atoms with E-state index in [-0.39, 0.29) is 6.03 Å². The van der Waals surface area contributed by atoms with Crippen molar-refractivity contribution in [2.45, 2.75) is 58.0 Å². The van der Waals surface area contributed by atoms with Gasteiger partial charge in [-0.1, -0.05) is 19.3 Å². The van der Waals surface area contributed by atoms with E-state index >= 15 is 0 Å². The highest BCUT2D eigenvalue weighted by Gasteiger charge is 2.16. The Morgan fingerprint density at radius 2 is 2.11 bits per heavy atom. The van der Waals surface area contributed by atoms with Crippen molar-refractivity contribution in [2.75, 3.05) is 5.32 Å². The predicted molar refractivity (Wildman–Crippen MR) is 71.6 cm³/mol. The van der Waals surface area contributed by atoms with Crippen molar-refractivity contribution in [1.29, 1.82) is 0 Å². The summed E-state index contributed by atoms with van der Waals surface area (Å²) >= 11 is 0. The number of hydrogen-bond donors (Lipinski definition) is 2. The van der Waals surface area contributed by atoms with Gasteiger partial charge >= 0.3 is 6.03 Å². The van der Waals surface area contributed by atoms with Gasteiger partial charge < -0.3 is 5.32 Å². The molecule has 5 nitrogen and oxygen atoms in total. The quantitative estimate of drug-likeness (QED) is 0.866. The molecule has 1 aromatic rings. The van der Waals surface area contributed by atoms with Crippen molar-refractivity contribution in [3.63, 3.8) is 0 Å². The minimum atomic E-state index is -0.143. The van der Waals surface area contributed by atoms with Gasteiger partial charge in [0.25, 0.3) is 0 Å². The molecule has 0 unspecified atom stereocenters. The average Bonchev–Trinajstić information content (AvgIpc) is 2.78. The highest BCUT2D eigenvalue weighted by Crippen LogP contribution is 2.17. The van der Waals surface area contributed by atoms with Crippen molar-refractivity contribution in [3.05, 3.63) is 12.3 Å². The van der Waals surface area contributed by atoms with Gasteiger partial charge in [0, 0.05) is 24.3 Å². The summed E-state index contributed by atoms with van der Waals surface area (Å²) in [6.07, 6.45) is 7.78. The summed E-state index contributed by atoms with van der Waals surface area (Å²) in [5, 5.41) is 10.1. The molecule has 18 heavy (non-hydrogen) atoms. The number of hydrogen-bond acceptors (Lipinski definition) is 2. The van der Waals surface area contributed by atoms with E-state index in [0.717, 1.165) is 12.8 Å². The first-order valence-corrected chi connectivity index (χ1v) is 6.78. The Labute approximate surface area is 108 Å². The number of carbonyl (C=O) groups excluding carboxylic acids is 1. The maximum Gasteiger partial charge on any atom is 0.320 e. The molecule has 5 heteroatoms. The SMILES string of the molecule is CC(C)n1ccc(NC(=O)NC2CCCCC2)n1. The van der Waals surface area contributed by atoms with Crippen LogP contribution in [0.25, 0.3) is 0 Å². The van der Waals surface area contributed by atoms with Crippen LogP contribution in [-0.2, 0) is 0 Å². The first-order valence-electron chi connectivity index (χ1n) is 6.78. The number of urea groups is 1. The van der Waals surface area contributed by atoms with Gasteiger partial charge in [-0.2, -0.15) is 5.10 Å². The lowest BCUT2D eigenvalue weighted by molar-refractivity contribution is 0.244. The predicted octanol–water partition coefficient (Wildman–Crippen LogP) is 2.92. The van der Waals surface area contributed by atoms with Crippen molar-refractivity contribution in [2.24, 2.45) is 0 Å². The van der Waals surface area contributed by atoms with Crippen molar-refractivity contribution in [3.8, 4) is 0 Å². The smallest absolute Gasteiger partial charge is 0.320 e. The molecule has 1 aromatic heterocycles. The third kappa shape index (κ3) is 3.48. The molecule has 100 valence electrons. The van der Waals surface area contributed by atoms with Gasteiger partial charge in [0.05, 0.1) is 0 Å². The van der Waals surface area contributed by atoms with Gasteiger partial charge in [0.15, 0.2) is 5.82 Å². The molecule has 0 saturated heterocycles. The van der Waals surface area contributed by atoms with E-state index in [2.05, 4.69) is 29.6 Å². The zero-order valence-corrected chi connectivity index (χ0v) is 11.1. The van der Waals surface area contributed by atoms with E-state index in [1.54, 1.807) is 0 Å². The lowest BCUT2D eigenvalue weighted by Gasteiger charge is -2.22. The maximum absolute atomic E-state index is 11.8. The molecule has 0 bridgehead atoms. The standard InChI is InChI=1S/C13H22N4O/c1-10(2)17-9-8-12(16-17)15-13(18)14-11-6-4-3-5-7-11/h8-11H,3-7H2,1-2H3,(H2,14,15,16,18). The fourth-order valence-electron chi connectivity index (χ4n) is 2.28. The Bertz CT molecular complexity index is 393. The maximum atomic E-state index is 11.8. The van der Waals surface area contributed by atoms with Crippen LogP contribution in [0.2, 0.25) is 0 Å². The number of rotatable bonds is 3. The molecule has 0 aliphatic heterocycles. The Kier molecular flexibility index (Phi) is 4.23. The van der Waals surface area contributed by atoms with E-state index in [9.17, 15) is 4.79 Å². The van der Waals surface area contributed by atoms with Gasteiger partial charge in [-0.05, 0) is 26.7 Å². The van der Waals surface area contributed by atoms with Gasteiger partial charge in [0.1, 0.15) is 0 Å². The topological polar surface area (TPSA) is 59.0 Å². The first-order chi connectivity index (χ1) is 8.65. The Morgan fingerprint density at radius 1 is 1.39 bits per heavy atom. The molecule has 2 rings (SSSR count). The molecule has 1 saturated carbocycles. The van der Waals surface area contributed by atoms with Gasteiger partial charge in [-0.15, -0.1) is 0 Å². The number of carbonyl (C=O) groups is 1. The Hall–Kier alpha value is -1.52. The number of nitrogens with one attached hydrogen (secondary N) is 2. The van der Waals surface area contributed by atoms with Crippen molar-refractivity contribution in [1.82, 2.24) is 15.1 Å². The lowest BCUT2D eigenvalue weighted by Crippen LogP contribution is -2.39. The number of nitrogens with zero attached hydrogens (tertiary/aromatic N) is 2. The van der Waals surface area contributed by atoms with E-state index in [0.29, 0.717) is 17.9 Å². The van der Waals surface area contributed by atoms with Crippen LogP contribution in [0, 0.1) is 0 Å². The fourth-order valence-corrected chi connectivity index (χ4v) is 2.28. The van der Waals surface area contributed by atoms with Crippen LogP contribution in [0.4, 0.5) is 10.6 Å². The summed E-state index contributed by atoms with van der Waals surface area (Å²) in [5.41, 5.74) is 0. The third-order valence-corrected chi connectivity index (χ3v) is 3.32. The molecular formula is C13H22N4O. The summed E-state index contributed by atoms with van der Waals surface area (Å²) in [6.45, 7) is 4.11. The monoisotopic (exact) mass is 250 g/mol.